The highest BCUT2D eigenvalue weighted by Gasteiger charge is 2.55. The molecule has 1 spiro atoms. The summed E-state index contributed by atoms with van der Waals surface area (Å²) in [4.78, 5) is 14.0. The fourth-order valence-corrected chi connectivity index (χ4v) is 7.10. The smallest absolute Gasteiger partial charge is 0.251 e. The molecule has 7 rings (SSSR count). The fraction of sp³-hybridized carbons (Fsp3) is 0.448. The molecule has 38 heavy (non-hydrogen) atoms. The lowest BCUT2D eigenvalue weighted by atomic mass is 9.55. The number of nitrogens with zero attached hydrogens (tertiary/aromatic N) is 3. The van der Waals surface area contributed by atoms with Gasteiger partial charge in [0.15, 0.2) is 11.6 Å². The Labute approximate surface area is 218 Å². The molecule has 0 radical (unpaired) electrons. The van der Waals surface area contributed by atoms with E-state index in [0.29, 0.717) is 32.0 Å². The summed E-state index contributed by atoms with van der Waals surface area (Å²) in [5.74, 6) is -1.43. The molecular weight excluding hydrogens is 490 g/mol. The van der Waals surface area contributed by atoms with Crippen LogP contribution in [-0.2, 0) is 9.53 Å². The highest BCUT2D eigenvalue weighted by atomic mass is 19.2. The average molecular weight is 521 g/mol. The maximum Gasteiger partial charge on any atom is 0.251 e. The summed E-state index contributed by atoms with van der Waals surface area (Å²) in [6.45, 7) is 4.19. The summed E-state index contributed by atoms with van der Waals surface area (Å²) in [5, 5.41) is 19.1. The number of fused-ring (bicyclic) bond motifs is 2. The third kappa shape index (κ3) is 3.59. The summed E-state index contributed by atoms with van der Waals surface area (Å²) in [6.07, 6.45) is 4.43. The molecule has 1 unspecified atom stereocenters. The van der Waals surface area contributed by atoms with Crippen molar-refractivity contribution in [1.82, 2.24) is 19.7 Å². The normalized spacial score (nSPS) is 20.7. The number of ether oxygens (including phenoxy) is 1. The van der Waals surface area contributed by atoms with Gasteiger partial charge in [0.2, 0.25) is 0 Å². The highest BCUT2D eigenvalue weighted by Crippen LogP contribution is 2.59. The van der Waals surface area contributed by atoms with Gasteiger partial charge in [-0.25, -0.2) is 8.78 Å². The van der Waals surface area contributed by atoms with Gasteiger partial charge in [0.25, 0.3) is 5.91 Å². The van der Waals surface area contributed by atoms with Crippen molar-refractivity contribution in [3.8, 4) is 5.69 Å². The number of halogens is 2. The molecule has 1 amide bonds. The third-order valence-corrected chi connectivity index (χ3v) is 8.86. The molecule has 2 aliphatic heterocycles. The van der Waals surface area contributed by atoms with Gasteiger partial charge in [0, 0.05) is 65.9 Å². The van der Waals surface area contributed by atoms with Crippen LogP contribution in [0, 0.1) is 17.0 Å². The summed E-state index contributed by atoms with van der Waals surface area (Å²) in [5.41, 5.74) is 5.00. The van der Waals surface area contributed by atoms with Gasteiger partial charge in [0.05, 0.1) is 17.2 Å². The Hall–Kier alpha value is -3.30. The van der Waals surface area contributed by atoms with E-state index in [9.17, 15) is 18.7 Å². The number of H-pyrrole nitrogens is 1. The third-order valence-electron chi connectivity index (χ3n) is 8.86. The quantitative estimate of drug-likeness (QED) is 0.406. The van der Waals surface area contributed by atoms with E-state index in [4.69, 9.17) is 4.74 Å². The zero-order chi connectivity index (χ0) is 26.2. The second kappa shape index (κ2) is 8.61. The Kier molecular flexibility index (Phi) is 5.39. The van der Waals surface area contributed by atoms with Gasteiger partial charge in [-0.05, 0) is 68.4 Å². The molecular formula is C29H30F2N4O3. The van der Waals surface area contributed by atoms with Gasteiger partial charge in [-0.15, -0.1) is 0 Å². The van der Waals surface area contributed by atoms with Crippen LogP contribution in [-0.4, -0.2) is 63.1 Å². The summed E-state index contributed by atoms with van der Waals surface area (Å²) in [6, 6.07) is 8.36. The first-order chi connectivity index (χ1) is 18.3. The highest BCUT2D eigenvalue weighted by molar-refractivity contribution is 5.99. The van der Waals surface area contributed by atoms with Crippen LogP contribution in [0.25, 0.3) is 27.5 Å². The van der Waals surface area contributed by atoms with Crippen LogP contribution in [0.2, 0.25) is 0 Å². The van der Waals surface area contributed by atoms with E-state index in [1.807, 2.05) is 0 Å². The zero-order valence-corrected chi connectivity index (χ0v) is 21.2. The predicted molar refractivity (Wildman–Crippen MR) is 138 cm³/mol. The molecule has 2 aromatic heterocycles. The number of aromatic nitrogens is 3. The Balaban J connectivity index is 1.37. The first-order valence-corrected chi connectivity index (χ1v) is 13.3. The van der Waals surface area contributed by atoms with Gasteiger partial charge in [-0.2, -0.15) is 5.10 Å². The van der Waals surface area contributed by atoms with Crippen LogP contribution >= 0.6 is 0 Å². The van der Waals surface area contributed by atoms with Gasteiger partial charge in [-0.3, -0.25) is 9.89 Å². The Morgan fingerprint density at radius 3 is 2.61 bits per heavy atom. The molecule has 2 saturated heterocycles. The largest absolute Gasteiger partial charge is 0.384 e. The van der Waals surface area contributed by atoms with Gasteiger partial charge in [-0.1, -0.05) is 0 Å². The molecule has 4 aromatic rings. The molecule has 9 heteroatoms. The number of aromatic amines is 1. The Morgan fingerprint density at radius 2 is 1.89 bits per heavy atom. The van der Waals surface area contributed by atoms with Crippen LogP contribution in [0.1, 0.15) is 55.7 Å². The molecule has 4 heterocycles. The number of carbonyl (C=O) groups is 1. The summed E-state index contributed by atoms with van der Waals surface area (Å²) >= 11 is 0. The number of benzene rings is 2. The topological polar surface area (TPSA) is 83.4 Å². The number of carbonyl (C=O) groups excluding carboxylic acids is 1. The van der Waals surface area contributed by atoms with Crippen molar-refractivity contribution >= 4 is 27.7 Å². The van der Waals surface area contributed by atoms with Crippen molar-refractivity contribution in [2.45, 2.75) is 50.5 Å². The lowest BCUT2D eigenvalue weighted by Crippen LogP contribution is -2.64. The van der Waals surface area contributed by atoms with Gasteiger partial charge < -0.3 is 19.3 Å². The van der Waals surface area contributed by atoms with Crippen molar-refractivity contribution < 1.29 is 23.4 Å². The predicted octanol–water partition coefficient (Wildman–Crippen LogP) is 4.77. The number of aliphatic hydroxyl groups is 1. The minimum Gasteiger partial charge on any atom is -0.384 e. The van der Waals surface area contributed by atoms with Gasteiger partial charge >= 0.3 is 0 Å². The minimum atomic E-state index is -0.978. The maximum absolute atomic E-state index is 14.5. The molecule has 2 N–H and O–H groups in total. The van der Waals surface area contributed by atoms with Crippen LogP contribution in [0.4, 0.5) is 8.78 Å². The van der Waals surface area contributed by atoms with Crippen LogP contribution in [0.3, 0.4) is 0 Å². The molecule has 1 aliphatic carbocycles. The minimum absolute atomic E-state index is 0.0800. The lowest BCUT2D eigenvalue weighted by Gasteiger charge is -2.59. The summed E-state index contributed by atoms with van der Waals surface area (Å²) < 4.78 is 36.3. The maximum atomic E-state index is 14.5. The Bertz CT molecular complexity index is 1560. The van der Waals surface area contributed by atoms with Crippen LogP contribution in [0.15, 0.2) is 36.5 Å². The zero-order valence-electron chi connectivity index (χ0n) is 21.2. The molecule has 198 valence electrons. The monoisotopic (exact) mass is 520 g/mol. The van der Waals surface area contributed by atoms with Crippen molar-refractivity contribution in [2.24, 2.45) is 5.41 Å². The first kappa shape index (κ1) is 23.8. The number of hydrogen-bond acceptors (Lipinski definition) is 4. The molecule has 1 atom stereocenters. The molecule has 7 nitrogen and oxygen atoms in total. The van der Waals surface area contributed by atoms with Crippen molar-refractivity contribution in [3.05, 3.63) is 59.4 Å². The van der Waals surface area contributed by atoms with E-state index < -0.39 is 17.7 Å². The number of likely N-dealkylation sites (tertiary alicyclic amines) is 1. The first-order valence-electron chi connectivity index (χ1n) is 13.3. The van der Waals surface area contributed by atoms with Gasteiger partial charge in [0.1, 0.15) is 6.10 Å². The van der Waals surface area contributed by atoms with Crippen molar-refractivity contribution in [1.29, 1.82) is 0 Å². The number of rotatable bonds is 4. The van der Waals surface area contributed by atoms with E-state index in [1.165, 1.54) is 24.6 Å². The molecule has 0 bridgehead atoms. The van der Waals surface area contributed by atoms with Crippen molar-refractivity contribution in [2.75, 3.05) is 26.3 Å². The van der Waals surface area contributed by atoms with Crippen LogP contribution in [0.5, 0.6) is 0 Å². The van der Waals surface area contributed by atoms with E-state index in [2.05, 4.69) is 26.9 Å². The van der Waals surface area contributed by atoms with E-state index in [-0.39, 0.29) is 23.2 Å². The number of nitrogens with one attached hydrogen (secondary N) is 1. The van der Waals surface area contributed by atoms with E-state index >= 15 is 0 Å². The second-order valence-electron chi connectivity index (χ2n) is 11.4. The number of hydrogen-bond donors (Lipinski definition) is 2. The second-order valence-corrected chi connectivity index (χ2v) is 11.4. The van der Waals surface area contributed by atoms with Crippen LogP contribution < -0.4 is 0 Å². The van der Waals surface area contributed by atoms with Crippen molar-refractivity contribution in [3.63, 3.8) is 0 Å². The SMILES string of the molecule is CC(O)C(=O)N1CC2(CC(c3c(C4CCOCC4)n(-c4ccc(F)c(F)c4)c4cc5cn[nH]c5cc34)C2)C1. The van der Waals surface area contributed by atoms with E-state index in [0.717, 1.165) is 53.2 Å². The summed E-state index contributed by atoms with van der Waals surface area (Å²) in [7, 11) is 0. The fourth-order valence-electron chi connectivity index (χ4n) is 7.10. The average Bonchev–Trinajstić information content (AvgIpc) is 3.45. The lowest BCUT2D eigenvalue weighted by molar-refractivity contribution is -0.159. The van der Waals surface area contributed by atoms with E-state index in [1.54, 1.807) is 17.2 Å². The molecule has 3 fully saturated rings. The molecule has 1 saturated carbocycles. The Morgan fingerprint density at radius 1 is 1.13 bits per heavy atom. The molecule has 3 aliphatic rings. The molecule has 2 aromatic carbocycles. The number of amides is 1. The number of aliphatic hydroxyl groups excluding tert-OH is 1. The standard InChI is InChI=1S/C29H30F2N4O3/c1-16(36)28(37)34-14-29(15-34)11-19(12-29)26-21-10-24-18(13-32-33-24)8-25(21)35(20-2-3-22(30)23(31)9-20)27(26)17-4-6-38-7-5-17/h2-3,8-10,13,16-17,19,36H,4-7,11-12,14-15H2,1H3,(H,32,33).